The molecule has 5 aliphatic rings. The molecule has 0 N–H and O–H groups in total. The summed E-state index contributed by atoms with van der Waals surface area (Å²) in [6, 6.07) is 19.3. The molecule has 2 atom stereocenters. The fraction of sp³-hybridized carbons (Fsp3) is 0.455. The van der Waals surface area contributed by atoms with Crippen molar-refractivity contribution in [2.75, 3.05) is 88.9 Å². The van der Waals surface area contributed by atoms with Crippen molar-refractivity contribution in [3.63, 3.8) is 0 Å². The Bertz CT molecular complexity index is 1990. The van der Waals surface area contributed by atoms with Crippen LogP contribution in [0.15, 0.2) is 54.6 Å². The number of fused-ring (bicyclic) bond motifs is 2. The van der Waals surface area contributed by atoms with Crippen LogP contribution in [0.1, 0.15) is 51.0 Å². The second-order valence-corrected chi connectivity index (χ2v) is 15.3. The van der Waals surface area contributed by atoms with Crippen LogP contribution in [-0.2, 0) is 32.2 Å². The van der Waals surface area contributed by atoms with Crippen LogP contribution in [-0.4, -0.2) is 108 Å². The van der Waals surface area contributed by atoms with E-state index in [4.69, 9.17) is 28.4 Å². The fourth-order valence-corrected chi connectivity index (χ4v) is 8.90. The molecule has 2 unspecified atom stereocenters. The number of hydrogen-bond acceptors (Lipinski definition) is 10. The van der Waals surface area contributed by atoms with Crippen LogP contribution >= 0.6 is 0 Å². The maximum Gasteiger partial charge on any atom is 0.204 e. The van der Waals surface area contributed by atoms with E-state index in [0.717, 1.165) is 94.1 Å². The minimum Gasteiger partial charge on any atom is -0.493 e. The highest BCUT2D eigenvalue weighted by Crippen LogP contribution is 2.54. The van der Waals surface area contributed by atoms with Crippen LogP contribution < -0.4 is 28.4 Å². The molecule has 5 heterocycles. The van der Waals surface area contributed by atoms with Gasteiger partial charge < -0.3 is 33.3 Å². The summed E-state index contributed by atoms with van der Waals surface area (Å²) in [7, 11) is 13.5. The van der Waals surface area contributed by atoms with Crippen LogP contribution in [0, 0.1) is 0 Å². The molecule has 6 bridgehead atoms. The van der Waals surface area contributed by atoms with E-state index in [1.165, 1.54) is 27.8 Å². The second kappa shape index (κ2) is 15.3. The van der Waals surface area contributed by atoms with Gasteiger partial charge in [0.2, 0.25) is 5.75 Å². The van der Waals surface area contributed by atoms with Crippen LogP contribution in [0.4, 0.5) is 0 Å². The van der Waals surface area contributed by atoms with Crippen molar-refractivity contribution < 1.29 is 28.4 Å². The van der Waals surface area contributed by atoms with E-state index in [1.807, 2.05) is 6.07 Å². The Hall–Kier alpha value is -4.48. The third kappa shape index (κ3) is 6.85. The molecule has 286 valence electrons. The molecule has 5 aliphatic heterocycles. The van der Waals surface area contributed by atoms with Crippen LogP contribution in [0.2, 0.25) is 0 Å². The number of benzene rings is 4. The molecule has 9 rings (SSSR count). The quantitative estimate of drug-likeness (QED) is 0.209. The highest BCUT2D eigenvalue weighted by atomic mass is 16.5. The van der Waals surface area contributed by atoms with Gasteiger partial charge in [-0.25, -0.2) is 0 Å². The van der Waals surface area contributed by atoms with Gasteiger partial charge in [-0.3, -0.25) is 14.7 Å². The number of ether oxygens (including phenoxy) is 6. The predicted molar refractivity (Wildman–Crippen MR) is 210 cm³/mol. The highest BCUT2D eigenvalue weighted by Gasteiger charge is 2.37. The normalized spacial score (nSPS) is 20.6. The predicted octanol–water partition coefficient (Wildman–Crippen LogP) is 6.91. The van der Waals surface area contributed by atoms with Crippen LogP contribution in [0.3, 0.4) is 0 Å². The molecule has 10 heteroatoms. The van der Waals surface area contributed by atoms with E-state index in [-0.39, 0.29) is 12.1 Å². The first-order valence-electron chi connectivity index (χ1n) is 19.2. The Morgan fingerprint density at radius 3 is 2.02 bits per heavy atom. The molecule has 0 spiro atoms. The number of methoxy groups -OCH3 is 4. The molecule has 54 heavy (non-hydrogen) atoms. The topological polar surface area (TPSA) is 68.3 Å². The summed E-state index contributed by atoms with van der Waals surface area (Å²) in [4.78, 5) is 9.82. The Balaban J connectivity index is 1.36. The molecule has 1 saturated heterocycles. The zero-order chi connectivity index (χ0) is 37.5. The maximum absolute atomic E-state index is 7.27. The van der Waals surface area contributed by atoms with Gasteiger partial charge in [-0.05, 0) is 111 Å². The number of piperazine rings is 1. The first kappa shape index (κ1) is 36.5. The number of likely N-dealkylation sites (N-methyl/N-ethyl adjacent to an activating group) is 3. The Kier molecular flexibility index (Phi) is 10.4. The van der Waals surface area contributed by atoms with Gasteiger partial charge in [0.15, 0.2) is 34.5 Å². The first-order chi connectivity index (χ1) is 26.3. The van der Waals surface area contributed by atoms with Crippen molar-refractivity contribution in [3.05, 3.63) is 93.5 Å². The molecule has 0 amide bonds. The molecule has 0 aromatic heterocycles. The zero-order valence-electron chi connectivity index (χ0n) is 32.9. The van der Waals surface area contributed by atoms with E-state index in [0.29, 0.717) is 34.5 Å². The summed E-state index contributed by atoms with van der Waals surface area (Å²) < 4.78 is 38.4. The van der Waals surface area contributed by atoms with Gasteiger partial charge in [-0.1, -0.05) is 18.2 Å². The van der Waals surface area contributed by atoms with Crippen molar-refractivity contribution in [2.24, 2.45) is 0 Å². The van der Waals surface area contributed by atoms with Gasteiger partial charge in [0.1, 0.15) is 5.75 Å². The minimum absolute atomic E-state index is 0.0308. The van der Waals surface area contributed by atoms with Gasteiger partial charge in [0.05, 0.1) is 28.4 Å². The standard InChI is InChI=1S/C44H54N4O6/c1-45-18-20-48(21-19-45)27-34-32-15-17-47(3)36-23-29-10-13-37(49-4)39(24-29)53-31-11-8-28(9-12-31)22-35-33-26-40(38(50-5)25-30(33)14-16-46(35)2)54-43(41(32)36)44(52-7)42(34)51-6/h8-13,24-26,35-36H,14-23,27H2,1-7H3. The molecular weight excluding hydrogens is 681 g/mol. The van der Waals surface area contributed by atoms with Crippen molar-refractivity contribution in [2.45, 2.75) is 44.3 Å². The van der Waals surface area contributed by atoms with Gasteiger partial charge in [0, 0.05) is 69.0 Å². The minimum atomic E-state index is -0.0308. The fourth-order valence-electron chi connectivity index (χ4n) is 8.90. The molecule has 0 saturated carbocycles. The molecule has 4 aromatic rings. The van der Waals surface area contributed by atoms with Crippen molar-refractivity contribution >= 4 is 0 Å². The summed E-state index contributed by atoms with van der Waals surface area (Å²) in [5, 5.41) is 0. The first-order valence-corrected chi connectivity index (χ1v) is 19.2. The van der Waals surface area contributed by atoms with Crippen LogP contribution in [0.25, 0.3) is 0 Å². The van der Waals surface area contributed by atoms with E-state index in [9.17, 15) is 0 Å². The Morgan fingerprint density at radius 2 is 1.30 bits per heavy atom. The Labute approximate surface area is 320 Å². The third-order valence-electron chi connectivity index (χ3n) is 12.1. The molecule has 0 radical (unpaired) electrons. The summed E-state index contributed by atoms with van der Waals surface area (Å²) in [6.45, 7) is 6.70. The lowest BCUT2D eigenvalue weighted by atomic mass is 9.84. The maximum atomic E-state index is 7.27. The number of hydrogen-bond donors (Lipinski definition) is 0. The molecule has 1 fully saturated rings. The third-order valence-corrected chi connectivity index (χ3v) is 12.1. The lowest BCUT2D eigenvalue weighted by Crippen LogP contribution is -2.44. The smallest absolute Gasteiger partial charge is 0.204 e. The lowest BCUT2D eigenvalue weighted by molar-refractivity contribution is 0.145. The lowest BCUT2D eigenvalue weighted by Gasteiger charge is -2.40. The monoisotopic (exact) mass is 734 g/mol. The second-order valence-electron chi connectivity index (χ2n) is 15.3. The van der Waals surface area contributed by atoms with Gasteiger partial charge in [-0.15, -0.1) is 0 Å². The number of nitrogens with zero attached hydrogens (tertiary/aromatic N) is 4. The van der Waals surface area contributed by atoms with Gasteiger partial charge in [0.25, 0.3) is 0 Å². The number of rotatable bonds is 6. The zero-order valence-corrected chi connectivity index (χ0v) is 32.9. The largest absolute Gasteiger partial charge is 0.493 e. The average molecular weight is 735 g/mol. The molecule has 0 aliphatic carbocycles. The summed E-state index contributed by atoms with van der Waals surface area (Å²) in [5.74, 6) is 5.60. The highest BCUT2D eigenvalue weighted by molar-refractivity contribution is 5.67. The van der Waals surface area contributed by atoms with Crippen molar-refractivity contribution in [1.82, 2.24) is 19.6 Å². The summed E-state index contributed by atoms with van der Waals surface area (Å²) in [6.07, 6.45) is 3.36. The van der Waals surface area contributed by atoms with Gasteiger partial charge >= 0.3 is 0 Å². The summed E-state index contributed by atoms with van der Waals surface area (Å²) >= 11 is 0. The Morgan fingerprint density at radius 1 is 0.630 bits per heavy atom. The van der Waals surface area contributed by atoms with Crippen molar-refractivity contribution in [3.8, 4) is 46.0 Å². The van der Waals surface area contributed by atoms with E-state index < -0.39 is 0 Å². The molecular formula is C44H54N4O6. The SMILES string of the molecule is COc1ccc2cc1Oc1ccc(cc1)CC1c3cc(c(OC)cc3CCN1C)Oc1c(OC)c(OC)c(CN3CCN(C)CC3)c3c1C(C2)N(C)CC3. The van der Waals surface area contributed by atoms with E-state index in [1.54, 1.807) is 28.4 Å². The van der Waals surface area contributed by atoms with E-state index >= 15 is 0 Å². The molecule has 10 nitrogen and oxygen atoms in total. The summed E-state index contributed by atoms with van der Waals surface area (Å²) in [5.41, 5.74) is 8.49. The van der Waals surface area contributed by atoms with E-state index in [2.05, 4.69) is 89.3 Å². The van der Waals surface area contributed by atoms with Gasteiger partial charge in [-0.2, -0.15) is 0 Å². The molecule has 4 aromatic carbocycles. The van der Waals surface area contributed by atoms with Crippen LogP contribution in [0.5, 0.6) is 46.0 Å². The van der Waals surface area contributed by atoms with Crippen molar-refractivity contribution in [1.29, 1.82) is 0 Å². The average Bonchev–Trinajstić information content (AvgIpc) is 3.18.